The summed E-state index contributed by atoms with van der Waals surface area (Å²) < 4.78 is 5.26. The van der Waals surface area contributed by atoms with Gasteiger partial charge in [0.05, 0.1) is 5.60 Å². The van der Waals surface area contributed by atoms with Gasteiger partial charge < -0.3 is 25.4 Å². The molecule has 1 aromatic rings. The lowest BCUT2D eigenvalue weighted by Gasteiger charge is -2.44. The van der Waals surface area contributed by atoms with Gasteiger partial charge in [0.1, 0.15) is 0 Å². The third-order valence-corrected chi connectivity index (χ3v) is 8.52. The van der Waals surface area contributed by atoms with Gasteiger partial charge in [-0.25, -0.2) is 4.79 Å². The van der Waals surface area contributed by atoms with Crippen LogP contribution in [0.2, 0.25) is 0 Å². The summed E-state index contributed by atoms with van der Waals surface area (Å²) in [6, 6.07) is 6.55. The van der Waals surface area contributed by atoms with Crippen molar-refractivity contribution in [3.8, 4) is 0 Å². The highest BCUT2D eigenvalue weighted by Crippen LogP contribution is 2.41. The summed E-state index contributed by atoms with van der Waals surface area (Å²) in [7, 11) is 3.69. The van der Waals surface area contributed by atoms with Gasteiger partial charge in [-0.15, -0.1) is 0 Å². The molecule has 0 aromatic heterocycles. The number of rotatable bonds is 12. The summed E-state index contributed by atoms with van der Waals surface area (Å²) in [5.41, 5.74) is 2.36. The van der Waals surface area contributed by atoms with E-state index in [1.54, 1.807) is 7.11 Å². The Balaban J connectivity index is 1.72. The number of aliphatic hydroxyl groups is 1. The molecule has 36 heavy (non-hydrogen) atoms. The molecule has 3 N–H and O–H groups in total. The van der Waals surface area contributed by atoms with E-state index in [2.05, 4.69) is 42.7 Å². The number of piperidine rings is 1. The summed E-state index contributed by atoms with van der Waals surface area (Å²) in [5.74, 6) is 0.731. The van der Waals surface area contributed by atoms with E-state index in [-0.39, 0.29) is 18.0 Å². The lowest BCUT2D eigenvalue weighted by molar-refractivity contribution is -0.0568. The van der Waals surface area contributed by atoms with Crippen molar-refractivity contribution in [2.24, 2.45) is 11.8 Å². The minimum atomic E-state index is -0.949. The maximum Gasteiger partial charge on any atom is 0.317 e. The fourth-order valence-corrected chi connectivity index (χ4v) is 6.48. The number of carbonyl (C=O) groups excluding carboxylic acids is 1. The van der Waals surface area contributed by atoms with E-state index in [1.165, 1.54) is 32.1 Å². The van der Waals surface area contributed by atoms with Crippen molar-refractivity contribution in [3.05, 3.63) is 34.9 Å². The lowest BCUT2D eigenvalue weighted by atomic mass is 9.72. The maximum atomic E-state index is 13.4. The van der Waals surface area contributed by atoms with Crippen LogP contribution in [0.1, 0.15) is 87.3 Å². The van der Waals surface area contributed by atoms with E-state index in [1.807, 2.05) is 11.9 Å². The van der Waals surface area contributed by atoms with Gasteiger partial charge in [0.15, 0.2) is 0 Å². The molecule has 204 valence electrons. The Morgan fingerprint density at radius 3 is 2.67 bits per heavy atom. The van der Waals surface area contributed by atoms with Crippen molar-refractivity contribution in [3.63, 3.8) is 0 Å². The normalized spacial score (nSPS) is 21.7. The van der Waals surface area contributed by atoms with Gasteiger partial charge in [0, 0.05) is 45.3 Å². The standard InChI is InChI=1S/C30H51N3O3/c1-23-14-15-24(2)28(19-23)30(35,16-8-9-18-36-4)26-13-10-17-33(22-26)29(34)32-27(21-31-3)20-25-11-6-5-7-12-25/h14-15,19,25-27,31,35H,5-13,16-18,20-22H2,1-4H3,(H,32,34)/t26-,27+,30+/m1/s1. The number of hydrogen-bond donors (Lipinski definition) is 3. The molecule has 6 heteroatoms. The number of likely N-dealkylation sites (N-methyl/N-ethyl adjacent to an activating group) is 1. The summed E-state index contributed by atoms with van der Waals surface area (Å²) >= 11 is 0. The molecule has 2 aliphatic rings. The van der Waals surface area contributed by atoms with Crippen molar-refractivity contribution in [1.29, 1.82) is 0 Å². The van der Waals surface area contributed by atoms with Crippen LogP contribution in [0.25, 0.3) is 0 Å². The average molecular weight is 502 g/mol. The van der Waals surface area contributed by atoms with Crippen molar-refractivity contribution < 1.29 is 14.6 Å². The smallest absolute Gasteiger partial charge is 0.317 e. The molecule has 1 aliphatic carbocycles. The topological polar surface area (TPSA) is 73.8 Å². The zero-order valence-electron chi connectivity index (χ0n) is 23.3. The number of benzene rings is 1. The first-order valence-corrected chi connectivity index (χ1v) is 14.4. The monoisotopic (exact) mass is 501 g/mol. The number of unbranched alkanes of at least 4 members (excludes halogenated alkanes) is 1. The number of aryl methyl sites for hydroxylation is 2. The van der Waals surface area contributed by atoms with Crippen molar-refractivity contribution in [2.75, 3.05) is 40.4 Å². The van der Waals surface area contributed by atoms with Gasteiger partial charge in [0.25, 0.3) is 0 Å². The number of nitrogens with zero attached hydrogens (tertiary/aromatic N) is 1. The first-order valence-electron chi connectivity index (χ1n) is 14.4. The highest BCUT2D eigenvalue weighted by molar-refractivity contribution is 5.74. The predicted molar refractivity (Wildman–Crippen MR) is 147 cm³/mol. The van der Waals surface area contributed by atoms with Crippen LogP contribution in [0, 0.1) is 25.7 Å². The predicted octanol–water partition coefficient (Wildman–Crippen LogP) is 5.29. The molecule has 0 bridgehead atoms. The Labute approximate surface area is 219 Å². The van der Waals surface area contributed by atoms with Crippen molar-refractivity contribution in [2.45, 2.75) is 96.1 Å². The number of amides is 2. The van der Waals surface area contributed by atoms with E-state index < -0.39 is 5.60 Å². The van der Waals surface area contributed by atoms with Crippen LogP contribution in [0.5, 0.6) is 0 Å². The first-order chi connectivity index (χ1) is 17.4. The van der Waals surface area contributed by atoms with Crippen LogP contribution in [0.3, 0.4) is 0 Å². The molecular weight excluding hydrogens is 450 g/mol. The molecule has 2 fully saturated rings. The zero-order chi connectivity index (χ0) is 26.0. The van der Waals surface area contributed by atoms with Gasteiger partial charge in [-0.05, 0) is 76.5 Å². The Morgan fingerprint density at radius 1 is 1.17 bits per heavy atom. The summed E-state index contributed by atoms with van der Waals surface area (Å²) in [6.45, 7) is 7.03. The molecule has 6 nitrogen and oxygen atoms in total. The molecule has 3 rings (SSSR count). The van der Waals surface area contributed by atoms with E-state index >= 15 is 0 Å². The molecular formula is C30H51N3O3. The van der Waals surface area contributed by atoms with Crippen LogP contribution in [-0.4, -0.2) is 62.5 Å². The highest BCUT2D eigenvalue weighted by Gasteiger charge is 2.42. The Hall–Kier alpha value is -1.63. The second-order valence-corrected chi connectivity index (χ2v) is 11.4. The molecule has 1 aliphatic heterocycles. The molecule has 2 amide bonds. The van der Waals surface area contributed by atoms with E-state index in [9.17, 15) is 9.90 Å². The highest BCUT2D eigenvalue weighted by atomic mass is 16.5. The van der Waals surface area contributed by atoms with E-state index in [0.29, 0.717) is 25.5 Å². The van der Waals surface area contributed by atoms with Crippen LogP contribution in [0.15, 0.2) is 18.2 Å². The van der Waals surface area contributed by atoms with Gasteiger partial charge in [-0.2, -0.15) is 0 Å². The number of nitrogens with one attached hydrogen (secondary N) is 2. The number of urea groups is 1. The number of methoxy groups -OCH3 is 1. The van der Waals surface area contributed by atoms with Crippen molar-refractivity contribution >= 4 is 6.03 Å². The zero-order valence-corrected chi connectivity index (χ0v) is 23.3. The first kappa shape index (κ1) is 28.9. The fraction of sp³-hybridized carbons (Fsp3) is 0.767. The minimum absolute atomic E-state index is 0.0149. The largest absolute Gasteiger partial charge is 0.385 e. The maximum absolute atomic E-state index is 13.4. The van der Waals surface area contributed by atoms with Crippen LogP contribution < -0.4 is 10.6 Å². The molecule has 1 saturated carbocycles. The number of ether oxygens (including phenoxy) is 1. The Bertz CT molecular complexity index is 811. The molecule has 1 saturated heterocycles. The molecule has 0 radical (unpaired) electrons. The van der Waals surface area contributed by atoms with E-state index in [0.717, 1.165) is 61.9 Å². The van der Waals surface area contributed by atoms with Crippen LogP contribution in [-0.2, 0) is 10.3 Å². The Kier molecular flexibility index (Phi) is 11.5. The second kappa shape index (κ2) is 14.3. The minimum Gasteiger partial charge on any atom is -0.385 e. The van der Waals surface area contributed by atoms with Crippen LogP contribution >= 0.6 is 0 Å². The SMILES string of the molecule is CNC[C@H](CC1CCCCC1)NC(=O)N1CCC[C@@H]([C@@](O)(CCCCOC)c2cc(C)ccc2C)C1. The molecule has 0 spiro atoms. The van der Waals surface area contributed by atoms with E-state index in [4.69, 9.17) is 4.74 Å². The third-order valence-electron chi connectivity index (χ3n) is 8.52. The van der Waals surface area contributed by atoms with Gasteiger partial charge >= 0.3 is 6.03 Å². The third kappa shape index (κ3) is 7.93. The van der Waals surface area contributed by atoms with Crippen molar-refractivity contribution in [1.82, 2.24) is 15.5 Å². The van der Waals surface area contributed by atoms with Gasteiger partial charge in [0.2, 0.25) is 0 Å². The average Bonchev–Trinajstić information content (AvgIpc) is 2.88. The number of carbonyl (C=O) groups is 1. The summed E-state index contributed by atoms with van der Waals surface area (Å²) in [5, 5.41) is 18.9. The molecule has 0 unspecified atom stereocenters. The fourth-order valence-electron chi connectivity index (χ4n) is 6.48. The van der Waals surface area contributed by atoms with Crippen LogP contribution in [0.4, 0.5) is 4.79 Å². The lowest BCUT2D eigenvalue weighted by Crippen LogP contribution is -2.54. The Morgan fingerprint density at radius 2 is 1.94 bits per heavy atom. The molecule has 1 aromatic carbocycles. The molecule has 1 heterocycles. The number of likely N-dealkylation sites (tertiary alicyclic amines) is 1. The summed E-state index contributed by atoms with van der Waals surface area (Å²) in [4.78, 5) is 15.4. The second-order valence-electron chi connectivity index (χ2n) is 11.4. The number of hydrogen-bond acceptors (Lipinski definition) is 4. The van der Waals surface area contributed by atoms with Gasteiger partial charge in [-0.3, -0.25) is 0 Å². The van der Waals surface area contributed by atoms with Gasteiger partial charge in [-0.1, -0.05) is 55.9 Å². The quantitative estimate of drug-likeness (QED) is 0.340. The summed E-state index contributed by atoms with van der Waals surface area (Å²) in [6.07, 6.45) is 12.0. The molecule has 3 atom stereocenters.